The molecule has 6 heteroatoms. The molecule has 5 nitrogen and oxygen atoms in total. The number of nitrogens with one attached hydrogen (secondary N) is 1. The summed E-state index contributed by atoms with van der Waals surface area (Å²) in [6.45, 7) is 0. The lowest BCUT2D eigenvalue weighted by molar-refractivity contribution is -0.143. The van der Waals surface area contributed by atoms with Crippen molar-refractivity contribution in [2.45, 2.75) is 31.7 Å². The third-order valence-electron chi connectivity index (χ3n) is 3.35. The van der Waals surface area contributed by atoms with Gasteiger partial charge in [-0.05, 0) is 25.0 Å². The van der Waals surface area contributed by atoms with Gasteiger partial charge in [0.15, 0.2) is 0 Å². The zero-order chi connectivity index (χ0) is 13.8. The Labute approximate surface area is 116 Å². The summed E-state index contributed by atoms with van der Waals surface area (Å²) in [5.74, 6) is -1.75. The molecule has 0 saturated heterocycles. The second-order valence-corrected chi connectivity index (χ2v) is 5.04. The molecule has 2 atom stereocenters. The van der Waals surface area contributed by atoms with Gasteiger partial charge in [0.05, 0.1) is 5.92 Å². The molecule has 19 heavy (non-hydrogen) atoms. The van der Waals surface area contributed by atoms with Crippen LogP contribution in [0, 0.1) is 5.92 Å². The molecular formula is C13H15ClN2O3. The number of amides is 1. The minimum Gasteiger partial charge on any atom is -0.481 e. The minimum atomic E-state index is -0.857. The maximum Gasteiger partial charge on any atom is 0.308 e. The molecule has 1 aromatic rings. The molecule has 2 rings (SSSR count). The van der Waals surface area contributed by atoms with Crippen LogP contribution < -0.4 is 5.32 Å². The van der Waals surface area contributed by atoms with Crippen LogP contribution in [-0.4, -0.2) is 28.0 Å². The fraction of sp³-hybridized carbons (Fsp3) is 0.462. The van der Waals surface area contributed by atoms with Gasteiger partial charge < -0.3 is 10.4 Å². The van der Waals surface area contributed by atoms with Crippen LogP contribution >= 0.6 is 11.6 Å². The Balaban J connectivity index is 2.07. The number of pyridine rings is 1. The smallest absolute Gasteiger partial charge is 0.308 e. The highest BCUT2D eigenvalue weighted by Gasteiger charge is 2.32. The first-order chi connectivity index (χ1) is 9.08. The van der Waals surface area contributed by atoms with Gasteiger partial charge in [0.1, 0.15) is 10.8 Å². The molecule has 1 heterocycles. The van der Waals surface area contributed by atoms with E-state index in [1.165, 1.54) is 0 Å². The zero-order valence-corrected chi connectivity index (χ0v) is 11.1. The first-order valence-corrected chi connectivity index (χ1v) is 6.62. The van der Waals surface area contributed by atoms with Gasteiger partial charge in [0.25, 0.3) is 5.91 Å². The van der Waals surface area contributed by atoms with E-state index in [0.29, 0.717) is 12.8 Å². The first-order valence-electron chi connectivity index (χ1n) is 6.24. The Morgan fingerprint density at radius 1 is 1.32 bits per heavy atom. The second-order valence-electron chi connectivity index (χ2n) is 4.65. The van der Waals surface area contributed by atoms with E-state index in [0.717, 1.165) is 12.8 Å². The first kappa shape index (κ1) is 13.8. The van der Waals surface area contributed by atoms with Crippen molar-refractivity contribution in [1.29, 1.82) is 0 Å². The number of carbonyl (C=O) groups excluding carboxylic acids is 1. The summed E-state index contributed by atoms with van der Waals surface area (Å²) < 4.78 is 0. The van der Waals surface area contributed by atoms with Crippen molar-refractivity contribution in [3.8, 4) is 0 Å². The van der Waals surface area contributed by atoms with Crippen LogP contribution in [0.4, 0.5) is 0 Å². The van der Waals surface area contributed by atoms with Gasteiger partial charge in [-0.1, -0.05) is 30.5 Å². The van der Waals surface area contributed by atoms with Crippen LogP contribution in [0.15, 0.2) is 18.2 Å². The number of aromatic nitrogens is 1. The van der Waals surface area contributed by atoms with E-state index in [4.69, 9.17) is 16.7 Å². The van der Waals surface area contributed by atoms with E-state index in [1.807, 2.05) is 0 Å². The highest BCUT2D eigenvalue weighted by Crippen LogP contribution is 2.24. The number of aliphatic carboxylic acids is 1. The second kappa shape index (κ2) is 6.02. The molecule has 0 spiro atoms. The highest BCUT2D eigenvalue weighted by atomic mass is 35.5. The lowest BCUT2D eigenvalue weighted by atomic mass is 9.84. The number of carbonyl (C=O) groups is 2. The predicted octanol–water partition coefficient (Wildman–Crippen LogP) is 2.11. The van der Waals surface area contributed by atoms with Crippen molar-refractivity contribution in [2.75, 3.05) is 0 Å². The molecule has 0 radical (unpaired) electrons. The van der Waals surface area contributed by atoms with Crippen LogP contribution in [0.2, 0.25) is 5.15 Å². The van der Waals surface area contributed by atoms with Gasteiger partial charge in [0.2, 0.25) is 0 Å². The Morgan fingerprint density at radius 2 is 2.05 bits per heavy atom. The topological polar surface area (TPSA) is 79.3 Å². The Bertz CT molecular complexity index is 493. The van der Waals surface area contributed by atoms with E-state index in [9.17, 15) is 9.59 Å². The molecule has 1 aliphatic carbocycles. The molecule has 1 amide bonds. The average molecular weight is 283 g/mol. The van der Waals surface area contributed by atoms with Crippen molar-refractivity contribution in [3.05, 3.63) is 29.0 Å². The van der Waals surface area contributed by atoms with Crippen molar-refractivity contribution in [2.24, 2.45) is 5.92 Å². The summed E-state index contributed by atoms with van der Waals surface area (Å²) in [5.41, 5.74) is 0.210. The molecule has 102 valence electrons. The number of hydrogen-bond donors (Lipinski definition) is 2. The lowest BCUT2D eigenvalue weighted by Crippen LogP contribution is -2.45. The normalized spacial score (nSPS) is 22.8. The number of rotatable bonds is 3. The van der Waals surface area contributed by atoms with Crippen LogP contribution in [0.25, 0.3) is 0 Å². The quantitative estimate of drug-likeness (QED) is 0.832. The summed E-state index contributed by atoms with van der Waals surface area (Å²) >= 11 is 5.73. The SMILES string of the molecule is O=C(NC1CCCCC1C(=O)O)c1cccc(Cl)n1. The van der Waals surface area contributed by atoms with Gasteiger partial charge in [0, 0.05) is 6.04 Å². The number of nitrogens with zero attached hydrogens (tertiary/aromatic N) is 1. The van der Waals surface area contributed by atoms with Gasteiger partial charge in [-0.25, -0.2) is 4.98 Å². The Morgan fingerprint density at radius 3 is 2.74 bits per heavy atom. The van der Waals surface area contributed by atoms with Crippen molar-refractivity contribution in [1.82, 2.24) is 10.3 Å². The van der Waals surface area contributed by atoms with E-state index in [-0.39, 0.29) is 22.8 Å². The summed E-state index contributed by atoms with van der Waals surface area (Å²) in [7, 11) is 0. The summed E-state index contributed by atoms with van der Waals surface area (Å²) in [5, 5.41) is 12.1. The maximum atomic E-state index is 12.0. The van der Waals surface area contributed by atoms with Gasteiger partial charge >= 0.3 is 5.97 Å². The molecule has 0 aromatic carbocycles. The fourth-order valence-electron chi connectivity index (χ4n) is 2.38. The van der Waals surface area contributed by atoms with Gasteiger partial charge in [-0.2, -0.15) is 0 Å². The van der Waals surface area contributed by atoms with E-state index < -0.39 is 11.9 Å². The van der Waals surface area contributed by atoms with E-state index in [2.05, 4.69) is 10.3 Å². The summed E-state index contributed by atoms with van der Waals surface area (Å²) in [4.78, 5) is 27.1. The third-order valence-corrected chi connectivity index (χ3v) is 3.56. The standard InChI is InChI=1S/C13H15ClN2O3/c14-11-7-3-6-10(15-11)12(17)16-9-5-2-1-4-8(9)13(18)19/h3,6-9H,1-2,4-5H2,(H,16,17)(H,18,19). The molecule has 2 unspecified atom stereocenters. The average Bonchev–Trinajstić information content (AvgIpc) is 2.39. The molecule has 2 N–H and O–H groups in total. The van der Waals surface area contributed by atoms with Crippen LogP contribution in [0.5, 0.6) is 0 Å². The van der Waals surface area contributed by atoms with Crippen LogP contribution in [-0.2, 0) is 4.79 Å². The van der Waals surface area contributed by atoms with Gasteiger partial charge in [-0.15, -0.1) is 0 Å². The predicted molar refractivity (Wildman–Crippen MR) is 70.1 cm³/mol. The number of carboxylic acids is 1. The summed E-state index contributed by atoms with van der Waals surface area (Å²) in [6, 6.07) is 4.44. The van der Waals surface area contributed by atoms with E-state index >= 15 is 0 Å². The van der Waals surface area contributed by atoms with Crippen molar-refractivity contribution in [3.63, 3.8) is 0 Å². The fourth-order valence-corrected chi connectivity index (χ4v) is 2.54. The van der Waals surface area contributed by atoms with E-state index in [1.54, 1.807) is 18.2 Å². The number of carboxylic acid groups (broad SMARTS) is 1. The number of halogens is 1. The highest BCUT2D eigenvalue weighted by molar-refractivity contribution is 6.29. The molecule has 0 aliphatic heterocycles. The maximum absolute atomic E-state index is 12.0. The van der Waals surface area contributed by atoms with Crippen LogP contribution in [0.3, 0.4) is 0 Å². The third kappa shape index (κ3) is 3.44. The molecule has 0 bridgehead atoms. The molecule has 1 aromatic heterocycles. The lowest BCUT2D eigenvalue weighted by Gasteiger charge is -2.29. The minimum absolute atomic E-state index is 0.210. The molecule has 1 saturated carbocycles. The zero-order valence-electron chi connectivity index (χ0n) is 10.3. The summed E-state index contributed by atoms with van der Waals surface area (Å²) in [6.07, 6.45) is 3.10. The van der Waals surface area contributed by atoms with Crippen molar-refractivity contribution >= 4 is 23.5 Å². The molecule has 1 aliphatic rings. The molecular weight excluding hydrogens is 268 g/mol. The Hall–Kier alpha value is -1.62. The Kier molecular flexibility index (Phi) is 4.37. The molecule has 1 fully saturated rings. The van der Waals surface area contributed by atoms with Gasteiger partial charge in [-0.3, -0.25) is 9.59 Å². The van der Waals surface area contributed by atoms with Crippen LogP contribution in [0.1, 0.15) is 36.2 Å². The number of hydrogen-bond acceptors (Lipinski definition) is 3. The largest absolute Gasteiger partial charge is 0.481 e. The monoisotopic (exact) mass is 282 g/mol. The van der Waals surface area contributed by atoms with Crippen molar-refractivity contribution < 1.29 is 14.7 Å².